The number of benzene rings is 2. The van der Waals surface area contributed by atoms with Gasteiger partial charge in [-0.2, -0.15) is 4.31 Å². The zero-order valence-electron chi connectivity index (χ0n) is 15.3. The van der Waals surface area contributed by atoms with E-state index >= 15 is 0 Å². The van der Waals surface area contributed by atoms with Crippen LogP contribution in [0.2, 0.25) is 0 Å². The van der Waals surface area contributed by atoms with E-state index in [-0.39, 0.29) is 0 Å². The van der Waals surface area contributed by atoms with Crippen molar-refractivity contribution in [2.45, 2.75) is 44.9 Å². The highest BCUT2D eigenvalue weighted by Gasteiger charge is 2.30. The molecule has 0 unspecified atom stereocenters. The predicted molar refractivity (Wildman–Crippen MR) is 102 cm³/mol. The Morgan fingerprint density at radius 3 is 2.20 bits per heavy atom. The van der Waals surface area contributed by atoms with Crippen LogP contribution in [0.1, 0.15) is 35.1 Å². The van der Waals surface area contributed by atoms with E-state index in [1.807, 2.05) is 32.9 Å². The molecule has 0 aliphatic carbocycles. The number of hydrogen-bond donors (Lipinski definition) is 0. The van der Waals surface area contributed by atoms with Crippen LogP contribution in [0.4, 0.5) is 0 Å². The van der Waals surface area contributed by atoms with Gasteiger partial charge in [-0.3, -0.25) is 0 Å². The fourth-order valence-corrected chi connectivity index (χ4v) is 5.40. The molecule has 2 aromatic rings. The summed E-state index contributed by atoms with van der Waals surface area (Å²) in [6.45, 7) is 7.17. The van der Waals surface area contributed by atoms with Crippen molar-refractivity contribution in [1.29, 1.82) is 0 Å². The maximum Gasteiger partial charge on any atom is 0.243 e. The first-order valence-corrected chi connectivity index (χ1v) is 10.4. The van der Waals surface area contributed by atoms with E-state index in [9.17, 15) is 8.42 Å². The van der Waals surface area contributed by atoms with Crippen LogP contribution in [0.15, 0.2) is 47.4 Å². The summed E-state index contributed by atoms with van der Waals surface area (Å²) in [5, 5.41) is 0. The molecule has 1 saturated heterocycles. The minimum absolute atomic E-state index is 0.470. The van der Waals surface area contributed by atoms with E-state index in [0.29, 0.717) is 23.9 Å². The first kappa shape index (κ1) is 18.2. The van der Waals surface area contributed by atoms with Crippen LogP contribution in [0.5, 0.6) is 0 Å². The molecule has 4 heteroatoms. The normalized spacial score (nSPS) is 16.9. The molecular weight excluding hydrogens is 330 g/mol. The summed E-state index contributed by atoms with van der Waals surface area (Å²) in [6, 6.07) is 14.2. The van der Waals surface area contributed by atoms with Gasteiger partial charge in [0.25, 0.3) is 0 Å². The average molecular weight is 358 g/mol. The molecule has 1 fully saturated rings. The topological polar surface area (TPSA) is 37.4 Å². The first-order valence-electron chi connectivity index (χ1n) is 9.00. The molecule has 0 atom stereocenters. The van der Waals surface area contributed by atoms with Crippen LogP contribution in [0, 0.1) is 26.7 Å². The molecule has 1 heterocycles. The second kappa shape index (κ2) is 7.30. The molecule has 1 aliphatic rings. The lowest BCUT2D eigenvalue weighted by molar-refractivity contribution is 0.272. The zero-order valence-corrected chi connectivity index (χ0v) is 16.1. The summed E-state index contributed by atoms with van der Waals surface area (Å²) < 4.78 is 27.8. The molecule has 134 valence electrons. The van der Waals surface area contributed by atoms with E-state index < -0.39 is 10.0 Å². The predicted octanol–water partition coefficient (Wildman–Crippen LogP) is 4.26. The summed E-state index contributed by atoms with van der Waals surface area (Å²) in [5.74, 6) is 0.565. The van der Waals surface area contributed by atoms with Crippen molar-refractivity contribution in [3.63, 3.8) is 0 Å². The van der Waals surface area contributed by atoms with Crippen molar-refractivity contribution in [1.82, 2.24) is 4.31 Å². The van der Waals surface area contributed by atoms with Crippen molar-refractivity contribution < 1.29 is 8.42 Å². The Bertz CT molecular complexity index is 836. The maximum atomic E-state index is 13.1. The Kier molecular flexibility index (Phi) is 5.30. The van der Waals surface area contributed by atoms with Crippen LogP contribution >= 0.6 is 0 Å². The number of hydrogen-bond acceptors (Lipinski definition) is 2. The van der Waals surface area contributed by atoms with Crippen LogP contribution < -0.4 is 0 Å². The van der Waals surface area contributed by atoms with Crippen LogP contribution in [0.25, 0.3) is 0 Å². The monoisotopic (exact) mass is 357 g/mol. The van der Waals surface area contributed by atoms with Gasteiger partial charge >= 0.3 is 0 Å². The van der Waals surface area contributed by atoms with Crippen molar-refractivity contribution in [3.8, 4) is 0 Å². The highest BCUT2D eigenvalue weighted by atomic mass is 32.2. The van der Waals surface area contributed by atoms with E-state index in [2.05, 4.69) is 24.3 Å². The summed E-state index contributed by atoms with van der Waals surface area (Å²) in [5.41, 5.74) is 4.43. The van der Waals surface area contributed by atoms with Gasteiger partial charge < -0.3 is 0 Å². The fraction of sp³-hybridized carbons (Fsp3) is 0.429. The van der Waals surface area contributed by atoms with Gasteiger partial charge in [0, 0.05) is 13.1 Å². The summed E-state index contributed by atoms with van der Waals surface area (Å²) in [7, 11) is -3.39. The lowest BCUT2D eigenvalue weighted by atomic mass is 9.91. The third kappa shape index (κ3) is 3.80. The molecule has 0 saturated carbocycles. The molecule has 1 aliphatic heterocycles. The smallest absolute Gasteiger partial charge is 0.207 e. The SMILES string of the molecule is Cc1ccc(S(=O)(=O)N2CCC(Cc3ccccc3)CC2)c(C)c1C. The van der Waals surface area contributed by atoms with Gasteiger partial charge in [0.2, 0.25) is 10.0 Å². The van der Waals surface area contributed by atoms with Gasteiger partial charge in [0.1, 0.15) is 0 Å². The zero-order chi connectivity index (χ0) is 18.0. The molecule has 2 aromatic carbocycles. The standard InChI is InChI=1S/C21H27NO2S/c1-16-9-10-21(18(3)17(16)2)25(23,24)22-13-11-20(12-14-22)15-19-7-5-4-6-8-19/h4-10,20H,11-15H2,1-3H3. The van der Waals surface area contributed by atoms with E-state index in [0.717, 1.165) is 36.0 Å². The van der Waals surface area contributed by atoms with Gasteiger partial charge in [-0.05, 0) is 74.3 Å². The lowest BCUT2D eigenvalue weighted by Crippen LogP contribution is -2.39. The van der Waals surface area contributed by atoms with Crippen LogP contribution in [-0.4, -0.2) is 25.8 Å². The van der Waals surface area contributed by atoms with E-state index in [1.54, 1.807) is 10.4 Å². The Labute approximate surface area is 151 Å². The minimum Gasteiger partial charge on any atom is -0.207 e. The highest BCUT2D eigenvalue weighted by molar-refractivity contribution is 7.89. The molecule has 0 aromatic heterocycles. The second-order valence-corrected chi connectivity index (χ2v) is 9.07. The first-order chi connectivity index (χ1) is 11.9. The third-order valence-corrected chi connectivity index (χ3v) is 7.61. The Balaban J connectivity index is 1.71. The number of sulfonamides is 1. The quantitative estimate of drug-likeness (QED) is 0.820. The molecule has 0 amide bonds. The van der Waals surface area contributed by atoms with Crippen molar-refractivity contribution in [3.05, 3.63) is 64.7 Å². The molecule has 0 bridgehead atoms. The van der Waals surface area contributed by atoms with Crippen molar-refractivity contribution in [2.75, 3.05) is 13.1 Å². The largest absolute Gasteiger partial charge is 0.243 e. The summed E-state index contributed by atoms with van der Waals surface area (Å²) in [6.07, 6.45) is 2.90. The molecule has 3 rings (SSSR count). The van der Waals surface area contributed by atoms with Crippen LogP contribution in [-0.2, 0) is 16.4 Å². The fourth-order valence-electron chi connectivity index (χ4n) is 3.65. The third-order valence-electron chi connectivity index (χ3n) is 5.57. The van der Waals surface area contributed by atoms with Gasteiger partial charge in [-0.15, -0.1) is 0 Å². The van der Waals surface area contributed by atoms with Gasteiger partial charge in [0.05, 0.1) is 4.90 Å². The Morgan fingerprint density at radius 2 is 1.56 bits per heavy atom. The van der Waals surface area contributed by atoms with Crippen LogP contribution in [0.3, 0.4) is 0 Å². The van der Waals surface area contributed by atoms with Crippen molar-refractivity contribution >= 4 is 10.0 Å². The molecular formula is C21H27NO2S. The average Bonchev–Trinajstić information content (AvgIpc) is 2.61. The summed E-state index contributed by atoms with van der Waals surface area (Å²) in [4.78, 5) is 0.470. The lowest BCUT2D eigenvalue weighted by Gasteiger charge is -2.32. The molecule has 0 spiro atoms. The van der Waals surface area contributed by atoms with Crippen molar-refractivity contribution in [2.24, 2.45) is 5.92 Å². The van der Waals surface area contributed by atoms with Gasteiger partial charge in [-0.25, -0.2) is 8.42 Å². The molecule has 3 nitrogen and oxygen atoms in total. The number of piperidine rings is 1. The number of aryl methyl sites for hydroxylation is 1. The minimum atomic E-state index is -3.39. The van der Waals surface area contributed by atoms with Gasteiger partial charge in [0.15, 0.2) is 0 Å². The van der Waals surface area contributed by atoms with Gasteiger partial charge in [-0.1, -0.05) is 36.4 Å². The number of nitrogens with zero attached hydrogens (tertiary/aromatic N) is 1. The molecule has 0 N–H and O–H groups in total. The maximum absolute atomic E-state index is 13.1. The highest BCUT2D eigenvalue weighted by Crippen LogP contribution is 2.29. The molecule has 0 radical (unpaired) electrons. The summed E-state index contributed by atoms with van der Waals surface area (Å²) >= 11 is 0. The number of rotatable bonds is 4. The Morgan fingerprint density at radius 1 is 0.920 bits per heavy atom. The van der Waals surface area contributed by atoms with E-state index in [4.69, 9.17) is 0 Å². The second-order valence-electron chi connectivity index (χ2n) is 7.17. The molecule has 25 heavy (non-hydrogen) atoms. The van der Waals surface area contributed by atoms with E-state index in [1.165, 1.54) is 5.56 Å². The Hall–Kier alpha value is -1.65.